The van der Waals surface area contributed by atoms with E-state index in [1.807, 2.05) is 32.9 Å². The van der Waals surface area contributed by atoms with Gasteiger partial charge >= 0.3 is 6.09 Å². The third kappa shape index (κ3) is 6.20. The molecule has 3 rings (SSSR count). The minimum absolute atomic E-state index is 0.0837. The molecule has 1 atom stereocenters. The zero-order valence-electron chi connectivity index (χ0n) is 18.5. The average molecular weight is 407 g/mol. The lowest BCUT2D eigenvalue weighted by Gasteiger charge is -2.36. The molecule has 1 unspecified atom stereocenters. The van der Waals surface area contributed by atoms with Crippen LogP contribution in [0, 0.1) is 0 Å². The third-order valence-electron chi connectivity index (χ3n) is 5.35. The summed E-state index contributed by atoms with van der Waals surface area (Å²) in [5.74, 6) is 0. The van der Waals surface area contributed by atoms with Crippen molar-refractivity contribution in [3.63, 3.8) is 0 Å². The molecule has 30 heavy (non-hydrogen) atoms. The lowest BCUT2D eigenvalue weighted by Crippen LogP contribution is -2.43. The first-order chi connectivity index (χ1) is 14.3. The highest BCUT2D eigenvalue weighted by molar-refractivity contribution is 5.70. The van der Waals surface area contributed by atoms with E-state index in [4.69, 9.17) is 4.74 Å². The average Bonchev–Trinajstić information content (AvgIpc) is 2.89. The summed E-state index contributed by atoms with van der Waals surface area (Å²) < 4.78 is 5.68. The number of likely N-dealkylation sites (tertiary alicyclic amines) is 1. The molecular formula is C26H34N2O2. The third-order valence-corrected chi connectivity index (χ3v) is 5.35. The first-order valence-electron chi connectivity index (χ1n) is 10.8. The highest BCUT2D eigenvalue weighted by Crippen LogP contribution is 2.28. The largest absolute Gasteiger partial charge is 0.443 e. The van der Waals surface area contributed by atoms with Gasteiger partial charge in [-0.05, 0) is 51.2 Å². The summed E-state index contributed by atoms with van der Waals surface area (Å²) in [5.41, 5.74) is 2.84. The van der Waals surface area contributed by atoms with Crippen LogP contribution in [0.3, 0.4) is 0 Å². The van der Waals surface area contributed by atoms with Crippen LogP contribution in [0.15, 0.2) is 72.9 Å². The van der Waals surface area contributed by atoms with Gasteiger partial charge < -0.3 is 4.74 Å². The second-order valence-electron chi connectivity index (χ2n) is 9.01. The van der Waals surface area contributed by atoms with Crippen molar-refractivity contribution in [1.29, 1.82) is 0 Å². The van der Waals surface area contributed by atoms with Gasteiger partial charge in [-0.25, -0.2) is 4.79 Å². The van der Waals surface area contributed by atoms with Gasteiger partial charge in [0.15, 0.2) is 0 Å². The maximum Gasteiger partial charge on any atom is 0.414 e. The smallest absolute Gasteiger partial charge is 0.414 e. The fourth-order valence-electron chi connectivity index (χ4n) is 3.93. The predicted octanol–water partition coefficient (Wildman–Crippen LogP) is 5.99. The summed E-state index contributed by atoms with van der Waals surface area (Å²) in [6, 6.07) is 21.1. The Hall–Kier alpha value is -2.59. The molecule has 4 nitrogen and oxygen atoms in total. The van der Waals surface area contributed by atoms with E-state index in [1.54, 1.807) is 4.90 Å². The molecule has 2 aromatic rings. The van der Waals surface area contributed by atoms with Gasteiger partial charge in [0.1, 0.15) is 5.60 Å². The molecule has 0 bridgehead atoms. The van der Waals surface area contributed by atoms with E-state index >= 15 is 0 Å². The summed E-state index contributed by atoms with van der Waals surface area (Å²) in [6.07, 6.45) is 2.71. The first-order valence-corrected chi connectivity index (χ1v) is 10.8. The Labute approximate surface area is 181 Å². The Morgan fingerprint density at radius 2 is 1.53 bits per heavy atom. The predicted molar refractivity (Wildman–Crippen MR) is 122 cm³/mol. The number of hydrogen-bond acceptors (Lipinski definition) is 3. The monoisotopic (exact) mass is 406 g/mol. The summed E-state index contributed by atoms with van der Waals surface area (Å²) in [5, 5.41) is 0. The minimum atomic E-state index is -0.521. The number of carbonyl (C=O) groups is 1. The molecule has 0 spiro atoms. The van der Waals surface area contributed by atoms with Gasteiger partial charge in [-0.1, -0.05) is 67.2 Å². The molecule has 0 N–H and O–H groups in total. The van der Waals surface area contributed by atoms with Crippen molar-refractivity contribution in [2.24, 2.45) is 0 Å². The number of ether oxygens (including phenoxy) is 1. The molecular weight excluding hydrogens is 372 g/mol. The maximum absolute atomic E-state index is 12.9. The van der Waals surface area contributed by atoms with Gasteiger partial charge in [0, 0.05) is 25.3 Å². The molecule has 1 saturated heterocycles. The quantitative estimate of drug-likeness (QED) is 0.611. The normalized spacial score (nSPS) is 17.7. The lowest BCUT2D eigenvalue weighted by molar-refractivity contribution is 0.0287. The van der Waals surface area contributed by atoms with Gasteiger partial charge in [0.05, 0.1) is 6.04 Å². The van der Waals surface area contributed by atoms with Gasteiger partial charge in [0.2, 0.25) is 0 Å². The van der Waals surface area contributed by atoms with Crippen molar-refractivity contribution in [1.82, 2.24) is 9.80 Å². The molecule has 1 fully saturated rings. The number of benzene rings is 2. The van der Waals surface area contributed by atoms with E-state index < -0.39 is 5.60 Å². The standard InChI is InChI=1S/C26H34N2O2/c1-21-24(17-11-12-18-28(21)25(29)30-26(2,3)4)27(19-22-13-7-5-8-14-22)20-23-15-9-6-10-16-23/h5-10,13-16,24H,1,11-12,17-20H2,2-4H3. The Bertz CT molecular complexity index is 786. The van der Waals surface area contributed by atoms with Crippen molar-refractivity contribution in [3.8, 4) is 0 Å². The van der Waals surface area contributed by atoms with Crippen LogP contribution in [0.4, 0.5) is 4.79 Å². The number of amides is 1. The SMILES string of the molecule is C=C1C(N(Cc2ccccc2)Cc2ccccc2)CCCCN1C(=O)OC(C)(C)C. The highest BCUT2D eigenvalue weighted by atomic mass is 16.6. The van der Waals surface area contributed by atoms with Crippen molar-refractivity contribution in [3.05, 3.63) is 84.1 Å². The van der Waals surface area contributed by atoms with E-state index in [-0.39, 0.29) is 12.1 Å². The second-order valence-corrected chi connectivity index (χ2v) is 9.01. The molecule has 4 heteroatoms. The zero-order chi connectivity index (χ0) is 21.6. The molecule has 1 aliphatic rings. The Morgan fingerprint density at radius 1 is 1.00 bits per heavy atom. The van der Waals surface area contributed by atoms with Crippen molar-refractivity contribution >= 4 is 6.09 Å². The molecule has 0 aromatic heterocycles. The van der Waals surface area contributed by atoms with Crippen LogP contribution < -0.4 is 0 Å². The Kier molecular flexibility index (Phi) is 7.33. The molecule has 0 radical (unpaired) electrons. The highest BCUT2D eigenvalue weighted by Gasteiger charge is 2.32. The van der Waals surface area contributed by atoms with Crippen molar-refractivity contribution in [2.45, 2.75) is 64.8 Å². The van der Waals surface area contributed by atoms with Gasteiger partial charge in [-0.3, -0.25) is 9.80 Å². The van der Waals surface area contributed by atoms with E-state index in [0.29, 0.717) is 6.54 Å². The maximum atomic E-state index is 12.9. The molecule has 1 amide bonds. The van der Waals surface area contributed by atoms with Crippen LogP contribution in [0.2, 0.25) is 0 Å². The molecule has 0 aliphatic carbocycles. The minimum Gasteiger partial charge on any atom is -0.443 e. The number of carbonyl (C=O) groups excluding carboxylic acids is 1. The summed E-state index contributed by atoms with van der Waals surface area (Å²) in [6.45, 7) is 12.4. The van der Waals surface area contributed by atoms with Crippen LogP contribution in [0.1, 0.15) is 51.2 Å². The van der Waals surface area contributed by atoms with E-state index in [1.165, 1.54) is 11.1 Å². The van der Waals surface area contributed by atoms with Crippen LogP contribution >= 0.6 is 0 Å². The van der Waals surface area contributed by atoms with Crippen LogP contribution in [0.5, 0.6) is 0 Å². The number of nitrogens with zero attached hydrogens (tertiary/aromatic N) is 2. The topological polar surface area (TPSA) is 32.8 Å². The zero-order valence-corrected chi connectivity index (χ0v) is 18.5. The van der Waals surface area contributed by atoms with Crippen molar-refractivity contribution in [2.75, 3.05) is 6.54 Å². The second kappa shape index (κ2) is 9.94. The molecule has 1 aliphatic heterocycles. The van der Waals surface area contributed by atoms with Gasteiger partial charge in [-0.15, -0.1) is 0 Å². The van der Waals surface area contributed by atoms with E-state index in [9.17, 15) is 4.79 Å². The van der Waals surface area contributed by atoms with Crippen LogP contribution in [-0.4, -0.2) is 34.1 Å². The van der Waals surface area contributed by atoms with Gasteiger partial charge in [0.25, 0.3) is 0 Å². The molecule has 1 heterocycles. The first kappa shape index (κ1) is 22.1. The molecule has 0 saturated carbocycles. The molecule has 160 valence electrons. The van der Waals surface area contributed by atoms with Gasteiger partial charge in [-0.2, -0.15) is 0 Å². The fraction of sp³-hybridized carbons (Fsp3) is 0.423. The number of rotatable bonds is 5. The fourth-order valence-corrected chi connectivity index (χ4v) is 3.93. The van der Waals surface area contributed by atoms with E-state index in [0.717, 1.165) is 38.0 Å². The summed E-state index contributed by atoms with van der Waals surface area (Å²) in [7, 11) is 0. The Morgan fingerprint density at radius 3 is 2.03 bits per heavy atom. The van der Waals surface area contributed by atoms with Crippen LogP contribution in [-0.2, 0) is 17.8 Å². The lowest BCUT2D eigenvalue weighted by atomic mass is 10.0. The summed E-state index contributed by atoms with van der Waals surface area (Å²) in [4.78, 5) is 17.1. The number of hydrogen-bond donors (Lipinski definition) is 0. The molecule has 2 aromatic carbocycles. The Balaban J connectivity index is 1.85. The van der Waals surface area contributed by atoms with Crippen LogP contribution in [0.25, 0.3) is 0 Å². The summed E-state index contributed by atoms with van der Waals surface area (Å²) >= 11 is 0. The van der Waals surface area contributed by atoms with E-state index in [2.05, 4.69) is 60.0 Å². The van der Waals surface area contributed by atoms with Crippen molar-refractivity contribution < 1.29 is 9.53 Å².